The van der Waals surface area contributed by atoms with Gasteiger partial charge in [0.25, 0.3) is 0 Å². The predicted octanol–water partition coefficient (Wildman–Crippen LogP) is 0.0309. The molecule has 3 N–H and O–H groups in total. The molecule has 7 nitrogen and oxygen atoms in total. The normalized spacial score (nSPS) is 26.6. The van der Waals surface area contributed by atoms with E-state index in [0.29, 0.717) is 13.2 Å². The number of hydrogen-bond acceptors (Lipinski definition) is 4. The van der Waals surface area contributed by atoms with Crippen molar-refractivity contribution in [2.75, 3.05) is 19.7 Å². The number of ether oxygens (including phenoxy) is 1. The maximum atomic E-state index is 12.0. The van der Waals surface area contributed by atoms with Gasteiger partial charge in [-0.2, -0.15) is 0 Å². The summed E-state index contributed by atoms with van der Waals surface area (Å²) in [7, 11) is 0. The molecule has 0 aromatic rings. The Kier molecular flexibility index (Phi) is 5.13. The number of morpholine rings is 1. The van der Waals surface area contributed by atoms with Crippen LogP contribution in [0, 0.1) is 0 Å². The number of carboxylic acids is 1. The maximum absolute atomic E-state index is 12.0. The predicted molar refractivity (Wildman–Crippen MR) is 67.9 cm³/mol. The fourth-order valence-electron chi connectivity index (χ4n) is 1.86. The molecule has 1 aliphatic rings. The molecule has 0 radical (unpaired) electrons. The van der Waals surface area contributed by atoms with E-state index < -0.39 is 11.6 Å². The number of carbonyl (C=O) groups excluding carboxylic acids is 1. The van der Waals surface area contributed by atoms with Crippen molar-refractivity contribution in [1.29, 1.82) is 0 Å². The molecule has 1 fully saturated rings. The number of nitrogens with one attached hydrogen (secondary N) is 1. The Labute approximate surface area is 112 Å². The number of hydrogen-bond donors (Lipinski definition) is 3. The van der Waals surface area contributed by atoms with Gasteiger partial charge in [-0.05, 0) is 20.3 Å². The lowest BCUT2D eigenvalue weighted by Crippen LogP contribution is -2.57. The van der Waals surface area contributed by atoms with E-state index in [1.807, 2.05) is 13.8 Å². The quantitative estimate of drug-likeness (QED) is 0.672. The van der Waals surface area contributed by atoms with Crippen molar-refractivity contribution in [3.8, 4) is 0 Å². The minimum absolute atomic E-state index is 0.0222. The van der Waals surface area contributed by atoms with Gasteiger partial charge in [0, 0.05) is 6.54 Å². The molecule has 1 rings (SSSR count). The third-order valence-corrected chi connectivity index (χ3v) is 3.24. The molecule has 3 atom stereocenters. The highest BCUT2D eigenvalue weighted by molar-refractivity contribution is 5.79. The molecule has 19 heavy (non-hydrogen) atoms. The molecular formula is C12H22N2O5. The first-order valence-electron chi connectivity index (χ1n) is 6.39. The zero-order valence-electron chi connectivity index (χ0n) is 11.5. The molecule has 0 aromatic carbocycles. The monoisotopic (exact) mass is 274 g/mol. The van der Waals surface area contributed by atoms with Crippen molar-refractivity contribution in [3.05, 3.63) is 0 Å². The largest absolute Gasteiger partial charge is 0.479 e. The molecule has 7 heteroatoms. The van der Waals surface area contributed by atoms with E-state index in [4.69, 9.17) is 9.84 Å². The number of urea groups is 1. The highest BCUT2D eigenvalue weighted by Crippen LogP contribution is 2.14. The molecule has 1 aliphatic heterocycles. The first-order valence-corrected chi connectivity index (χ1v) is 6.39. The van der Waals surface area contributed by atoms with Gasteiger partial charge in [0.15, 0.2) is 5.60 Å². The van der Waals surface area contributed by atoms with Crippen molar-refractivity contribution in [1.82, 2.24) is 10.2 Å². The Balaban J connectivity index is 2.58. The number of amides is 2. The third kappa shape index (κ3) is 4.07. The van der Waals surface area contributed by atoms with Crippen molar-refractivity contribution in [3.63, 3.8) is 0 Å². The lowest BCUT2D eigenvalue weighted by Gasteiger charge is -2.38. The van der Waals surface area contributed by atoms with Gasteiger partial charge in [0.2, 0.25) is 0 Å². The van der Waals surface area contributed by atoms with Gasteiger partial charge in [-0.15, -0.1) is 0 Å². The van der Waals surface area contributed by atoms with Crippen LogP contribution in [0.4, 0.5) is 4.79 Å². The van der Waals surface area contributed by atoms with Crippen LogP contribution in [0.1, 0.15) is 27.2 Å². The van der Waals surface area contributed by atoms with Gasteiger partial charge in [0.1, 0.15) is 0 Å². The van der Waals surface area contributed by atoms with Crippen molar-refractivity contribution in [2.24, 2.45) is 0 Å². The van der Waals surface area contributed by atoms with Crippen LogP contribution < -0.4 is 5.32 Å². The van der Waals surface area contributed by atoms with E-state index in [9.17, 15) is 14.7 Å². The Bertz CT molecular complexity index is 345. The summed E-state index contributed by atoms with van der Waals surface area (Å²) in [6, 6.07) is -0.394. The van der Waals surface area contributed by atoms with E-state index in [0.717, 1.165) is 13.3 Å². The zero-order valence-corrected chi connectivity index (χ0v) is 11.5. The molecule has 3 unspecified atom stereocenters. The van der Waals surface area contributed by atoms with Gasteiger partial charge < -0.3 is 25.2 Å². The molecule has 1 saturated heterocycles. The second-order valence-corrected chi connectivity index (χ2v) is 5.10. The van der Waals surface area contributed by atoms with Crippen LogP contribution in [-0.2, 0) is 9.53 Å². The standard InChI is InChI=1S/C12H22N2O5/c1-4-9-6-19-8(2)5-14(9)11(17)13-7-12(3,18)10(15)16/h8-9,18H,4-7H2,1-3H3,(H,13,17)(H,15,16). The van der Waals surface area contributed by atoms with E-state index in [1.165, 1.54) is 0 Å². The fourth-order valence-corrected chi connectivity index (χ4v) is 1.86. The van der Waals surface area contributed by atoms with Crippen LogP contribution in [0.5, 0.6) is 0 Å². The second kappa shape index (κ2) is 6.21. The molecule has 1 heterocycles. The Morgan fingerprint density at radius 1 is 1.53 bits per heavy atom. The fraction of sp³-hybridized carbons (Fsp3) is 0.833. The SMILES string of the molecule is CCC1COC(C)CN1C(=O)NCC(C)(O)C(=O)O. The van der Waals surface area contributed by atoms with Crippen LogP contribution >= 0.6 is 0 Å². The highest BCUT2D eigenvalue weighted by atomic mass is 16.5. The molecule has 2 amide bonds. The average Bonchev–Trinajstić information content (AvgIpc) is 2.35. The summed E-state index contributed by atoms with van der Waals surface area (Å²) in [4.78, 5) is 24.4. The van der Waals surface area contributed by atoms with Gasteiger partial charge in [-0.25, -0.2) is 9.59 Å². The summed E-state index contributed by atoms with van der Waals surface area (Å²) in [5.41, 5.74) is -1.96. The van der Waals surface area contributed by atoms with Gasteiger partial charge >= 0.3 is 12.0 Å². The number of aliphatic hydroxyl groups is 1. The Hall–Kier alpha value is -1.34. The van der Waals surface area contributed by atoms with Crippen LogP contribution in [0.15, 0.2) is 0 Å². The van der Waals surface area contributed by atoms with Crippen molar-refractivity contribution in [2.45, 2.75) is 44.9 Å². The smallest absolute Gasteiger partial charge is 0.337 e. The average molecular weight is 274 g/mol. The van der Waals surface area contributed by atoms with Crippen molar-refractivity contribution < 1.29 is 24.5 Å². The first kappa shape index (κ1) is 15.7. The van der Waals surface area contributed by atoms with Crippen LogP contribution in [0.2, 0.25) is 0 Å². The van der Waals surface area contributed by atoms with E-state index in [-0.39, 0.29) is 24.7 Å². The number of aliphatic carboxylic acids is 1. The summed E-state index contributed by atoms with van der Waals surface area (Å²) in [6.07, 6.45) is 0.712. The number of carboxylic acid groups (broad SMARTS) is 1. The molecule has 0 spiro atoms. The topological polar surface area (TPSA) is 99.1 Å². The number of rotatable bonds is 4. The van der Waals surface area contributed by atoms with Gasteiger partial charge in [0.05, 0.1) is 25.3 Å². The molecular weight excluding hydrogens is 252 g/mol. The molecule has 0 aliphatic carbocycles. The highest BCUT2D eigenvalue weighted by Gasteiger charge is 2.33. The first-order chi connectivity index (χ1) is 8.77. The van der Waals surface area contributed by atoms with Crippen LogP contribution in [0.3, 0.4) is 0 Å². The molecule has 0 aromatic heterocycles. The number of carbonyl (C=O) groups is 2. The summed E-state index contributed by atoms with van der Waals surface area (Å²) in [5.74, 6) is -1.37. The zero-order chi connectivity index (χ0) is 14.6. The summed E-state index contributed by atoms with van der Waals surface area (Å²) >= 11 is 0. The molecule has 0 bridgehead atoms. The third-order valence-electron chi connectivity index (χ3n) is 3.24. The molecule has 0 saturated carbocycles. The van der Waals surface area contributed by atoms with Gasteiger partial charge in [-0.1, -0.05) is 6.92 Å². The minimum Gasteiger partial charge on any atom is -0.479 e. The molecule has 110 valence electrons. The summed E-state index contributed by atoms with van der Waals surface area (Å²) in [5, 5.41) is 20.8. The summed E-state index contributed by atoms with van der Waals surface area (Å²) in [6.45, 7) is 5.58. The van der Waals surface area contributed by atoms with E-state index in [1.54, 1.807) is 4.90 Å². The number of nitrogens with zero attached hydrogens (tertiary/aromatic N) is 1. The van der Waals surface area contributed by atoms with Crippen molar-refractivity contribution >= 4 is 12.0 Å². The Morgan fingerprint density at radius 3 is 2.68 bits per heavy atom. The lowest BCUT2D eigenvalue weighted by atomic mass is 10.1. The van der Waals surface area contributed by atoms with E-state index >= 15 is 0 Å². The maximum Gasteiger partial charge on any atom is 0.337 e. The second-order valence-electron chi connectivity index (χ2n) is 5.10. The van der Waals surface area contributed by atoms with Gasteiger partial charge in [-0.3, -0.25) is 0 Å². The Morgan fingerprint density at radius 2 is 2.16 bits per heavy atom. The minimum atomic E-state index is -1.96. The summed E-state index contributed by atoms with van der Waals surface area (Å²) < 4.78 is 5.48. The van der Waals surface area contributed by atoms with E-state index in [2.05, 4.69) is 5.32 Å². The van der Waals surface area contributed by atoms with Crippen LogP contribution in [0.25, 0.3) is 0 Å². The lowest BCUT2D eigenvalue weighted by molar-refractivity contribution is -0.155. The van der Waals surface area contributed by atoms with Crippen LogP contribution in [-0.4, -0.2) is 64.6 Å².